The molecule has 1 aliphatic carbocycles. The first-order valence-corrected chi connectivity index (χ1v) is 8.17. The van der Waals surface area contributed by atoms with Crippen molar-refractivity contribution in [1.82, 2.24) is 10.2 Å². The summed E-state index contributed by atoms with van der Waals surface area (Å²) in [6, 6.07) is 0.00580. The molecule has 1 N–H and O–H groups in total. The van der Waals surface area contributed by atoms with Gasteiger partial charge >= 0.3 is 0 Å². The highest BCUT2D eigenvalue weighted by Gasteiger charge is 2.27. The molecule has 0 bridgehead atoms. The van der Waals surface area contributed by atoms with Gasteiger partial charge in [0.25, 0.3) is 0 Å². The minimum absolute atomic E-state index is 0.00379. The van der Waals surface area contributed by atoms with E-state index in [-0.39, 0.29) is 17.9 Å². The molecule has 1 saturated carbocycles. The topological polar surface area (TPSA) is 49.4 Å². The molecule has 20 heavy (non-hydrogen) atoms. The predicted molar refractivity (Wildman–Crippen MR) is 81.4 cm³/mol. The van der Waals surface area contributed by atoms with E-state index in [9.17, 15) is 9.59 Å². The molecule has 0 aromatic heterocycles. The van der Waals surface area contributed by atoms with Crippen molar-refractivity contribution < 1.29 is 9.59 Å². The van der Waals surface area contributed by atoms with Crippen molar-refractivity contribution in [2.75, 3.05) is 6.54 Å². The molecule has 116 valence electrons. The van der Waals surface area contributed by atoms with E-state index in [4.69, 9.17) is 0 Å². The van der Waals surface area contributed by atoms with Crippen molar-refractivity contribution in [2.45, 2.75) is 84.2 Å². The summed E-state index contributed by atoms with van der Waals surface area (Å²) < 4.78 is 0. The average molecular weight is 282 g/mol. The van der Waals surface area contributed by atoms with E-state index in [1.807, 2.05) is 6.92 Å². The van der Waals surface area contributed by atoms with Crippen LogP contribution in [0.3, 0.4) is 0 Å². The summed E-state index contributed by atoms with van der Waals surface area (Å²) in [6.45, 7) is 6.32. The van der Waals surface area contributed by atoms with Gasteiger partial charge in [-0.25, -0.2) is 0 Å². The van der Waals surface area contributed by atoms with Crippen molar-refractivity contribution in [3.05, 3.63) is 0 Å². The molecule has 0 saturated heterocycles. The Morgan fingerprint density at radius 2 is 1.85 bits per heavy atom. The third-order valence-corrected chi connectivity index (χ3v) is 4.17. The van der Waals surface area contributed by atoms with Crippen molar-refractivity contribution >= 4 is 11.8 Å². The van der Waals surface area contributed by atoms with E-state index in [0.29, 0.717) is 19.0 Å². The van der Waals surface area contributed by atoms with Crippen LogP contribution in [0.4, 0.5) is 0 Å². The molecular weight excluding hydrogens is 252 g/mol. The predicted octanol–water partition coefficient (Wildman–Crippen LogP) is 2.86. The lowest BCUT2D eigenvalue weighted by molar-refractivity contribution is -0.139. The number of rotatable bonds is 7. The number of nitrogens with one attached hydrogen (secondary N) is 1. The Kier molecular flexibility index (Phi) is 7.63. The Morgan fingerprint density at radius 1 is 1.20 bits per heavy atom. The standard InChI is InChI=1S/C16H30N2O2/c1-4-6-12-18(13(3)19)15(5-2)16(20)17-14-10-8-7-9-11-14/h14-15H,4-12H2,1-3H3,(H,17,20). The molecular formula is C16H30N2O2. The first kappa shape index (κ1) is 17.0. The molecule has 1 fully saturated rings. The summed E-state index contributed by atoms with van der Waals surface area (Å²) in [5, 5.41) is 3.15. The number of amides is 2. The zero-order valence-electron chi connectivity index (χ0n) is 13.3. The van der Waals surface area contributed by atoms with Gasteiger partial charge in [0, 0.05) is 19.5 Å². The molecule has 1 rings (SSSR count). The first-order chi connectivity index (χ1) is 9.60. The number of nitrogens with zero attached hydrogens (tertiary/aromatic N) is 1. The van der Waals surface area contributed by atoms with Gasteiger partial charge in [-0.05, 0) is 25.7 Å². The summed E-state index contributed by atoms with van der Waals surface area (Å²) >= 11 is 0. The third-order valence-electron chi connectivity index (χ3n) is 4.17. The highest BCUT2D eigenvalue weighted by Crippen LogP contribution is 2.18. The third kappa shape index (κ3) is 5.14. The van der Waals surface area contributed by atoms with Crippen LogP contribution >= 0.6 is 0 Å². The summed E-state index contributed by atoms with van der Waals surface area (Å²) in [7, 11) is 0. The van der Waals surface area contributed by atoms with Gasteiger partial charge in [0.1, 0.15) is 6.04 Å². The van der Waals surface area contributed by atoms with Crippen LogP contribution in [-0.4, -0.2) is 35.3 Å². The summed E-state index contributed by atoms with van der Waals surface area (Å²) in [5.41, 5.74) is 0. The minimum Gasteiger partial charge on any atom is -0.352 e. The van der Waals surface area contributed by atoms with Gasteiger partial charge in [0.2, 0.25) is 11.8 Å². The molecule has 0 aromatic rings. The second-order valence-corrected chi connectivity index (χ2v) is 5.83. The van der Waals surface area contributed by atoms with Crippen LogP contribution in [-0.2, 0) is 9.59 Å². The minimum atomic E-state index is -0.305. The van der Waals surface area contributed by atoms with E-state index >= 15 is 0 Å². The highest BCUT2D eigenvalue weighted by atomic mass is 16.2. The van der Waals surface area contributed by atoms with Gasteiger partial charge in [-0.3, -0.25) is 9.59 Å². The van der Waals surface area contributed by atoms with Crippen LogP contribution in [0.15, 0.2) is 0 Å². The lowest BCUT2D eigenvalue weighted by atomic mass is 9.95. The van der Waals surface area contributed by atoms with Crippen LogP contribution in [0.25, 0.3) is 0 Å². The normalized spacial score (nSPS) is 17.6. The number of carbonyl (C=O) groups is 2. The van der Waals surface area contributed by atoms with Crippen molar-refractivity contribution in [3.8, 4) is 0 Å². The van der Waals surface area contributed by atoms with Gasteiger partial charge in [0.05, 0.1) is 0 Å². The second-order valence-electron chi connectivity index (χ2n) is 5.83. The average Bonchev–Trinajstić information content (AvgIpc) is 2.44. The van der Waals surface area contributed by atoms with Gasteiger partial charge < -0.3 is 10.2 Å². The van der Waals surface area contributed by atoms with Crippen LogP contribution in [0.2, 0.25) is 0 Å². The van der Waals surface area contributed by atoms with Gasteiger partial charge in [-0.1, -0.05) is 39.5 Å². The number of carbonyl (C=O) groups excluding carboxylic acids is 2. The second kappa shape index (κ2) is 8.98. The Morgan fingerprint density at radius 3 is 2.35 bits per heavy atom. The summed E-state index contributed by atoms with van der Waals surface area (Å²) in [5.74, 6) is 0.0368. The quantitative estimate of drug-likeness (QED) is 0.780. The lowest BCUT2D eigenvalue weighted by Crippen LogP contribution is -2.51. The summed E-state index contributed by atoms with van der Waals surface area (Å²) in [6.07, 6.45) is 8.51. The fraction of sp³-hybridized carbons (Fsp3) is 0.875. The molecule has 4 heteroatoms. The van der Waals surface area contributed by atoms with Gasteiger partial charge in [-0.2, -0.15) is 0 Å². The molecule has 2 amide bonds. The maximum Gasteiger partial charge on any atom is 0.243 e. The van der Waals surface area contributed by atoms with E-state index in [2.05, 4.69) is 12.2 Å². The Balaban J connectivity index is 2.60. The van der Waals surface area contributed by atoms with E-state index in [1.165, 1.54) is 19.3 Å². The fourth-order valence-electron chi connectivity index (χ4n) is 2.95. The molecule has 0 radical (unpaired) electrons. The molecule has 1 atom stereocenters. The molecule has 0 aromatic carbocycles. The van der Waals surface area contributed by atoms with Crippen LogP contribution < -0.4 is 5.32 Å². The van der Waals surface area contributed by atoms with Crippen molar-refractivity contribution in [1.29, 1.82) is 0 Å². The van der Waals surface area contributed by atoms with Crippen LogP contribution in [0, 0.1) is 0 Å². The SMILES string of the molecule is CCCCN(C(C)=O)C(CC)C(=O)NC1CCCCC1. The molecule has 0 aliphatic heterocycles. The molecule has 1 unspecified atom stereocenters. The molecule has 4 nitrogen and oxygen atoms in total. The van der Waals surface area contributed by atoms with E-state index in [0.717, 1.165) is 25.7 Å². The molecule has 0 spiro atoms. The largest absolute Gasteiger partial charge is 0.352 e. The molecule has 1 aliphatic rings. The lowest BCUT2D eigenvalue weighted by Gasteiger charge is -2.31. The van der Waals surface area contributed by atoms with Gasteiger partial charge in [0.15, 0.2) is 0 Å². The Bertz CT molecular complexity index is 312. The first-order valence-electron chi connectivity index (χ1n) is 8.17. The Hall–Kier alpha value is -1.06. The maximum atomic E-state index is 12.4. The van der Waals surface area contributed by atoms with Crippen LogP contribution in [0.5, 0.6) is 0 Å². The van der Waals surface area contributed by atoms with Crippen molar-refractivity contribution in [2.24, 2.45) is 0 Å². The number of hydrogen-bond acceptors (Lipinski definition) is 2. The number of unbranched alkanes of at least 4 members (excludes halogenated alkanes) is 1. The van der Waals surface area contributed by atoms with Crippen LogP contribution in [0.1, 0.15) is 72.1 Å². The Labute approximate surface area is 123 Å². The molecule has 0 heterocycles. The van der Waals surface area contributed by atoms with E-state index < -0.39 is 0 Å². The maximum absolute atomic E-state index is 12.4. The smallest absolute Gasteiger partial charge is 0.243 e. The van der Waals surface area contributed by atoms with Crippen molar-refractivity contribution in [3.63, 3.8) is 0 Å². The zero-order valence-corrected chi connectivity index (χ0v) is 13.3. The zero-order chi connectivity index (χ0) is 15.0. The monoisotopic (exact) mass is 282 g/mol. The number of hydrogen-bond donors (Lipinski definition) is 1. The van der Waals surface area contributed by atoms with Gasteiger partial charge in [-0.15, -0.1) is 0 Å². The summed E-state index contributed by atoms with van der Waals surface area (Å²) in [4.78, 5) is 26.0. The fourth-order valence-corrected chi connectivity index (χ4v) is 2.95. The highest BCUT2D eigenvalue weighted by molar-refractivity contribution is 5.87. The van der Waals surface area contributed by atoms with E-state index in [1.54, 1.807) is 11.8 Å².